The molecule has 0 amide bonds. The van der Waals surface area contributed by atoms with Gasteiger partial charge in [-0.3, -0.25) is 4.99 Å². The van der Waals surface area contributed by atoms with Gasteiger partial charge in [0.2, 0.25) is 0 Å². The molecule has 2 aliphatic rings. The molecule has 3 rings (SSSR count). The van der Waals surface area contributed by atoms with Crippen LogP contribution in [0.25, 0.3) is 0 Å². The number of aromatic nitrogens is 1. The number of aliphatic imine (C=N–C) groups is 1. The summed E-state index contributed by atoms with van der Waals surface area (Å²) in [4.78, 5) is 13.2. The number of thiazole rings is 1. The van der Waals surface area contributed by atoms with Crippen LogP contribution in [0.15, 0.2) is 4.99 Å². The van der Waals surface area contributed by atoms with Crippen LogP contribution in [0.5, 0.6) is 0 Å². The van der Waals surface area contributed by atoms with Gasteiger partial charge in [0.25, 0.3) is 0 Å². The maximum Gasteiger partial charge on any atom is 0.193 e. The minimum Gasteiger partial charge on any atom is -0.356 e. The van der Waals surface area contributed by atoms with E-state index >= 15 is 0 Å². The van der Waals surface area contributed by atoms with Gasteiger partial charge >= 0.3 is 0 Å². The average Bonchev–Trinajstić information content (AvgIpc) is 3.10. The van der Waals surface area contributed by atoms with Gasteiger partial charge in [0.15, 0.2) is 5.96 Å². The molecular weight excluding hydrogens is 431 g/mol. The van der Waals surface area contributed by atoms with Gasteiger partial charge < -0.3 is 10.2 Å². The number of hydrogen-bond acceptors (Lipinski definition) is 3. The lowest BCUT2D eigenvalue weighted by atomic mass is 9.93. The zero-order valence-corrected chi connectivity index (χ0v) is 18.4. The molecule has 0 atom stereocenters. The molecule has 1 aromatic rings. The molecule has 0 spiro atoms. The molecule has 1 aromatic heterocycles. The molecule has 1 fully saturated rings. The molecule has 6 heteroatoms. The topological polar surface area (TPSA) is 40.5 Å². The predicted octanol–water partition coefficient (Wildman–Crippen LogP) is 3.88. The fourth-order valence-electron chi connectivity index (χ4n) is 3.58. The second-order valence-electron chi connectivity index (χ2n) is 7.60. The SMILES string of the molecule is CN=C(NCCCc1nc2c(s1)CCCC2)N1CCC(C)(C)C1.I. The average molecular weight is 462 g/mol. The third-order valence-electron chi connectivity index (χ3n) is 4.93. The Morgan fingerprint density at radius 3 is 2.79 bits per heavy atom. The molecule has 2 heterocycles. The van der Waals surface area contributed by atoms with Gasteiger partial charge in [-0.25, -0.2) is 4.98 Å². The van der Waals surface area contributed by atoms with Crippen LogP contribution in [-0.4, -0.2) is 42.5 Å². The van der Waals surface area contributed by atoms with Crippen LogP contribution >= 0.6 is 35.3 Å². The van der Waals surface area contributed by atoms with E-state index in [0.717, 1.165) is 38.4 Å². The number of likely N-dealkylation sites (tertiary alicyclic amines) is 1. The molecular formula is C18H31IN4S. The first-order valence-electron chi connectivity index (χ1n) is 9.00. The van der Waals surface area contributed by atoms with Crippen molar-refractivity contribution in [3.63, 3.8) is 0 Å². The molecule has 0 unspecified atom stereocenters. The lowest BCUT2D eigenvalue weighted by Gasteiger charge is -2.23. The Balaban J connectivity index is 0.00000208. The highest BCUT2D eigenvalue weighted by atomic mass is 127. The summed E-state index contributed by atoms with van der Waals surface area (Å²) in [6.07, 6.45) is 8.58. The Morgan fingerprint density at radius 1 is 1.33 bits per heavy atom. The Morgan fingerprint density at radius 2 is 2.12 bits per heavy atom. The molecule has 4 nitrogen and oxygen atoms in total. The van der Waals surface area contributed by atoms with Crippen LogP contribution in [0.4, 0.5) is 0 Å². The van der Waals surface area contributed by atoms with Crippen LogP contribution in [-0.2, 0) is 19.3 Å². The number of fused-ring (bicyclic) bond motifs is 1. The van der Waals surface area contributed by atoms with Gasteiger partial charge in [0.05, 0.1) is 10.7 Å². The summed E-state index contributed by atoms with van der Waals surface area (Å²) in [5.41, 5.74) is 1.80. The number of halogens is 1. The summed E-state index contributed by atoms with van der Waals surface area (Å²) >= 11 is 1.95. The zero-order chi connectivity index (χ0) is 16.3. The molecule has 0 saturated carbocycles. The number of nitrogens with one attached hydrogen (secondary N) is 1. The van der Waals surface area contributed by atoms with Crippen molar-refractivity contribution in [3.05, 3.63) is 15.6 Å². The number of nitrogens with zero attached hydrogens (tertiary/aromatic N) is 3. The lowest BCUT2D eigenvalue weighted by Crippen LogP contribution is -2.41. The Hall–Kier alpha value is -0.370. The summed E-state index contributed by atoms with van der Waals surface area (Å²) in [7, 11) is 1.89. The van der Waals surface area contributed by atoms with Crippen molar-refractivity contribution < 1.29 is 0 Å². The van der Waals surface area contributed by atoms with Crippen molar-refractivity contribution in [2.45, 2.75) is 58.8 Å². The second kappa shape index (κ2) is 8.83. The smallest absolute Gasteiger partial charge is 0.193 e. The van der Waals surface area contributed by atoms with Crippen molar-refractivity contribution in [3.8, 4) is 0 Å². The monoisotopic (exact) mass is 462 g/mol. The van der Waals surface area contributed by atoms with Crippen LogP contribution in [0, 0.1) is 5.41 Å². The molecule has 1 saturated heterocycles. The fraction of sp³-hybridized carbons (Fsp3) is 0.778. The van der Waals surface area contributed by atoms with Gasteiger partial charge in [-0.1, -0.05) is 13.8 Å². The molecule has 1 aliphatic heterocycles. The Bertz CT molecular complexity index is 544. The van der Waals surface area contributed by atoms with E-state index in [1.807, 2.05) is 18.4 Å². The minimum absolute atomic E-state index is 0. The van der Waals surface area contributed by atoms with Crippen molar-refractivity contribution in [2.75, 3.05) is 26.7 Å². The molecule has 0 radical (unpaired) electrons. The van der Waals surface area contributed by atoms with Gasteiger partial charge in [-0.2, -0.15) is 0 Å². The Kier molecular flexibility index (Phi) is 7.34. The van der Waals surface area contributed by atoms with E-state index in [1.54, 1.807) is 4.88 Å². The van der Waals surface area contributed by atoms with E-state index in [0.29, 0.717) is 5.41 Å². The van der Waals surface area contributed by atoms with E-state index in [4.69, 9.17) is 4.98 Å². The summed E-state index contributed by atoms with van der Waals surface area (Å²) in [5.74, 6) is 1.06. The number of hydrogen-bond donors (Lipinski definition) is 1. The van der Waals surface area contributed by atoms with Crippen molar-refractivity contribution in [1.29, 1.82) is 0 Å². The quantitative estimate of drug-likeness (QED) is 0.320. The molecule has 0 bridgehead atoms. The molecule has 1 aliphatic carbocycles. The van der Waals surface area contributed by atoms with E-state index in [9.17, 15) is 0 Å². The maximum absolute atomic E-state index is 4.83. The Labute approximate surface area is 167 Å². The van der Waals surface area contributed by atoms with Gasteiger partial charge in [0.1, 0.15) is 0 Å². The third-order valence-corrected chi connectivity index (χ3v) is 6.15. The van der Waals surface area contributed by atoms with Crippen molar-refractivity contribution in [1.82, 2.24) is 15.2 Å². The summed E-state index contributed by atoms with van der Waals surface area (Å²) in [6.45, 7) is 7.88. The highest BCUT2D eigenvalue weighted by Gasteiger charge is 2.30. The largest absolute Gasteiger partial charge is 0.356 e. The highest BCUT2D eigenvalue weighted by molar-refractivity contribution is 14.0. The molecule has 0 aromatic carbocycles. The van der Waals surface area contributed by atoms with Gasteiger partial charge in [0, 0.05) is 38.0 Å². The first-order chi connectivity index (χ1) is 11.1. The maximum atomic E-state index is 4.83. The highest BCUT2D eigenvalue weighted by Crippen LogP contribution is 2.29. The van der Waals surface area contributed by atoms with Crippen molar-refractivity contribution >= 4 is 41.3 Å². The number of rotatable bonds is 4. The van der Waals surface area contributed by atoms with Gasteiger partial charge in [-0.05, 0) is 43.9 Å². The zero-order valence-electron chi connectivity index (χ0n) is 15.2. The summed E-state index contributed by atoms with van der Waals surface area (Å²) in [6, 6.07) is 0. The molecule has 24 heavy (non-hydrogen) atoms. The lowest BCUT2D eigenvalue weighted by molar-refractivity contribution is 0.370. The van der Waals surface area contributed by atoms with E-state index in [-0.39, 0.29) is 24.0 Å². The van der Waals surface area contributed by atoms with Crippen LogP contribution in [0.3, 0.4) is 0 Å². The fourth-order valence-corrected chi connectivity index (χ4v) is 4.78. The standard InChI is InChI=1S/C18H30N4S.HI/c1-18(2)10-12-22(13-18)17(19-3)20-11-6-9-16-21-14-7-4-5-8-15(14)23-16;/h4-13H2,1-3H3,(H,19,20);1H. The molecule has 136 valence electrons. The van der Waals surface area contributed by atoms with E-state index in [2.05, 4.69) is 29.1 Å². The normalized spacial score (nSPS) is 19.8. The second-order valence-corrected chi connectivity index (χ2v) is 8.77. The van der Waals surface area contributed by atoms with Crippen LogP contribution < -0.4 is 5.32 Å². The minimum atomic E-state index is 0. The summed E-state index contributed by atoms with van der Waals surface area (Å²) < 4.78 is 0. The third kappa shape index (κ3) is 5.07. The summed E-state index contributed by atoms with van der Waals surface area (Å²) in [5, 5.41) is 4.86. The van der Waals surface area contributed by atoms with Crippen molar-refractivity contribution in [2.24, 2.45) is 10.4 Å². The predicted molar refractivity (Wildman–Crippen MR) is 114 cm³/mol. The molecule has 1 N–H and O–H groups in total. The van der Waals surface area contributed by atoms with E-state index < -0.39 is 0 Å². The van der Waals surface area contributed by atoms with Gasteiger partial charge in [-0.15, -0.1) is 35.3 Å². The number of guanidine groups is 1. The number of aryl methyl sites for hydroxylation is 3. The first-order valence-corrected chi connectivity index (χ1v) is 9.82. The first kappa shape index (κ1) is 19.9. The van der Waals surface area contributed by atoms with E-state index in [1.165, 1.54) is 42.8 Å². The van der Waals surface area contributed by atoms with Crippen LogP contribution in [0.1, 0.15) is 55.1 Å². The van der Waals surface area contributed by atoms with Crippen LogP contribution in [0.2, 0.25) is 0 Å².